The van der Waals surface area contributed by atoms with E-state index in [0.29, 0.717) is 18.9 Å². The highest BCUT2D eigenvalue weighted by molar-refractivity contribution is 7.15. The summed E-state index contributed by atoms with van der Waals surface area (Å²) in [5.74, 6) is 2.20. The molecule has 0 spiro atoms. The maximum absolute atomic E-state index is 12.6. The predicted octanol–water partition coefficient (Wildman–Crippen LogP) is 4.87. The average molecular weight is 503 g/mol. The SMILES string of the molecule is Cc1cnc(Nc2cc(OC3CCN(C)CC3)cc(N[C@H]3CCCN(C(=O)OC(C)(C)C)C3)n2)s1. The summed E-state index contributed by atoms with van der Waals surface area (Å²) in [6.45, 7) is 11.1. The maximum atomic E-state index is 12.6. The zero-order chi connectivity index (χ0) is 25.0. The van der Waals surface area contributed by atoms with Gasteiger partial charge in [0.15, 0.2) is 5.13 Å². The number of ether oxygens (including phenoxy) is 2. The molecule has 2 fully saturated rings. The van der Waals surface area contributed by atoms with E-state index in [1.165, 1.54) is 0 Å². The van der Waals surface area contributed by atoms with Gasteiger partial charge in [0.05, 0.1) is 0 Å². The van der Waals surface area contributed by atoms with Crippen LogP contribution < -0.4 is 15.4 Å². The van der Waals surface area contributed by atoms with Gasteiger partial charge in [-0.3, -0.25) is 0 Å². The van der Waals surface area contributed by atoms with Crippen LogP contribution in [0.2, 0.25) is 0 Å². The molecule has 2 aromatic rings. The fourth-order valence-electron chi connectivity index (χ4n) is 4.33. The summed E-state index contributed by atoms with van der Waals surface area (Å²) in [6.07, 6.45) is 5.64. The third-order valence-corrected chi connectivity index (χ3v) is 6.88. The Bertz CT molecular complexity index is 999. The van der Waals surface area contributed by atoms with Crippen LogP contribution in [0.1, 0.15) is 51.3 Å². The summed E-state index contributed by atoms with van der Waals surface area (Å²) >= 11 is 1.59. The van der Waals surface area contributed by atoms with Crippen molar-refractivity contribution in [3.8, 4) is 5.75 Å². The van der Waals surface area contributed by atoms with Crippen molar-refractivity contribution in [2.75, 3.05) is 43.9 Å². The molecule has 4 rings (SSSR count). The summed E-state index contributed by atoms with van der Waals surface area (Å²) in [7, 11) is 2.15. The van der Waals surface area contributed by atoms with Crippen molar-refractivity contribution in [3.63, 3.8) is 0 Å². The van der Waals surface area contributed by atoms with Crippen molar-refractivity contribution in [1.29, 1.82) is 0 Å². The number of likely N-dealkylation sites (tertiary alicyclic amines) is 2. The van der Waals surface area contributed by atoms with Crippen molar-refractivity contribution in [2.24, 2.45) is 0 Å². The molecule has 0 aliphatic carbocycles. The van der Waals surface area contributed by atoms with E-state index in [9.17, 15) is 4.79 Å². The number of pyridine rings is 1. The largest absolute Gasteiger partial charge is 0.490 e. The lowest BCUT2D eigenvalue weighted by Crippen LogP contribution is -2.47. The van der Waals surface area contributed by atoms with Crippen LogP contribution in [-0.2, 0) is 4.74 Å². The summed E-state index contributed by atoms with van der Waals surface area (Å²) in [6, 6.07) is 3.98. The second-order valence-electron chi connectivity index (χ2n) is 10.5. The first-order valence-corrected chi connectivity index (χ1v) is 13.3. The molecule has 1 atom stereocenters. The highest BCUT2D eigenvalue weighted by atomic mass is 32.1. The van der Waals surface area contributed by atoms with Crippen LogP contribution in [0.15, 0.2) is 18.3 Å². The number of nitrogens with one attached hydrogen (secondary N) is 2. The van der Waals surface area contributed by atoms with Gasteiger partial charge in [0, 0.05) is 55.4 Å². The second kappa shape index (κ2) is 11.0. The zero-order valence-electron chi connectivity index (χ0n) is 21.5. The number of carbonyl (C=O) groups is 1. The fraction of sp³-hybridized carbons (Fsp3) is 0.640. The molecular weight excluding hydrogens is 464 g/mol. The minimum Gasteiger partial charge on any atom is -0.490 e. The molecule has 0 saturated carbocycles. The summed E-state index contributed by atoms with van der Waals surface area (Å²) < 4.78 is 12.0. The van der Waals surface area contributed by atoms with Crippen LogP contribution in [0.25, 0.3) is 0 Å². The van der Waals surface area contributed by atoms with E-state index in [1.54, 1.807) is 16.2 Å². The van der Waals surface area contributed by atoms with E-state index in [2.05, 4.69) is 27.6 Å². The monoisotopic (exact) mass is 502 g/mol. The Morgan fingerprint density at radius 2 is 1.89 bits per heavy atom. The number of aryl methyl sites for hydroxylation is 1. The van der Waals surface area contributed by atoms with Crippen LogP contribution in [-0.4, -0.2) is 76.8 Å². The van der Waals surface area contributed by atoms with Crippen LogP contribution in [0.5, 0.6) is 5.75 Å². The number of piperidine rings is 2. The Kier molecular flexibility index (Phi) is 8.01. The van der Waals surface area contributed by atoms with Crippen LogP contribution in [0, 0.1) is 6.92 Å². The van der Waals surface area contributed by atoms with Crippen molar-refractivity contribution < 1.29 is 14.3 Å². The van der Waals surface area contributed by atoms with Gasteiger partial charge in [0.1, 0.15) is 29.1 Å². The molecule has 0 bridgehead atoms. The Balaban J connectivity index is 1.47. The minimum absolute atomic E-state index is 0.0808. The molecule has 2 N–H and O–H groups in total. The average Bonchev–Trinajstić information content (AvgIpc) is 3.18. The molecule has 2 aliphatic rings. The van der Waals surface area contributed by atoms with Gasteiger partial charge < -0.3 is 29.9 Å². The molecule has 192 valence electrons. The smallest absolute Gasteiger partial charge is 0.410 e. The molecule has 0 aromatic carbocycles. The Hall–Kier alpha value is -2.59. The van der Waals surface area contributed by atoms with Crippen molar-refractivity contribution in [3.05, 3.63) is 23.2 Å². The molecule has 2 aromatic heterocycles. The third-order valence-electron chi connectivity index (χ3n) is 6.05. The number of thiazole rings is 1. The number of rotatable bonds is 6. The Morgan fingerprint density at radius 1 is 1.14 bits per heavy atom. The lowest BCUT2D eigenvalue weighted by Gasteiger charge is -2.34. The molecule has 4 heterocycles. The number of hydrogen-bond donors (Lipinski definition) is 2. The highest BCUT2D eigenvalue weighted by Gasteiger charge is 2.28. The molecule has 1 amide bonds. The number of amides is 1. The summed E-state index contributed by atoms with van der Waals surface area (Å²) in [5.41, 5.74) is -0.507. The molecule has 2 aliphatic heterocycles. The number of hydrogen-bond acceptors (Lipinski definition) is 9. The fourth-order valence-corrected chi connectivity index (χ4v) is 5.00. The molecule has 0 radical (unpaired) electrons. The zero-order valence-corrected chi connectivity index (χ0v) is 22.3. The van der Waals surface area contributed by atoms with Crippen LogP contribution in [0.3, 0.4) is 0 Å². The van der Waals surface area contributed by atoms with Gasteiger partial charge in [-0.1, -0.05) is 0 Å². The first-order valence-electron chi connectivity index (χ1n) is 12.4. The van der Waals surface area contributed by atoms with Gasteiger partial charge in [0.25, 0.3) is 0 Å². The second-order valence-corrected chi connectivity index (χ2v) is 11.7. The Labute approximate surface area is 212 Å². The van der Waals surface area contributed by atoms with Crippen LogP contribution in [0.4, 0.5) is 21.6 Å². The van der Waals surface area contributed by atoms with E-state index >= 15 is 0 Å². The van der Waals surface area contributed by atoms with Gasteiger partial charge in [-0.2, -0.15) is 0 Å². The lowest BCUT2D eigenvalue weighted by atomic mass is 10.1. The summed E-state index contributed by atoms with van der Waals surface area (Å²) in [4.78, 5) is 27.0. The van der Waals surface area contributed by atoms with Crippen molar-refractivity contribution in [1.82, 2.24) is 19.8 Å². The third kappa shape index (κ3) is 7.70. The van der Waals surface area contributed by atoms with Crippen molar-refractivity contribution in [2.45, 2.75) is 71.1 Å². The maximum Gasteiger partial charge on any atom is 0.410 e. The molecular formula is C25H38N6O3S. The normalized spacial score (nSPS) is 19.9. The number of nitrogens with zero attached hydrogens (tertiary/aromatic N) is 4. The lowest BCUT2D eigenvalue weighted by molar-refractivity contribution is 0.0206. The molecule has 0 unspecified atom stereocenters. The standard InChI is InChI=1S/C25H38N6O3S/c1-17-15-26-23(35-17)29-22-14-20(33-19-8-11-30(5)12-9-19)13-21(28-22)27-18-7-6-10-31(16-18)24(32)34-25(2,3)4/h13-15,18-19H,6-12,16H2,1-5H3,(H2,26,27,28,29)/t18-/m0/s1. The first-order chi connectivity index (χ1) is 16.6. The van der Waals surface area contributed by atoms with Gasteiger partial charge in [-0.25, -0.2) is 14.8 Å². The number of carbonyl (C=O) groups excluding carboxylic acids is 1. The molecule has 2 saturated heterocycles. The van der Waals surface area contributed by atoms with Gasteiger partial charge >= 0.3 is 6.09 Å². The minimum atomic E-state index is -0.507. The van der Waals surface area contributed by atoms with Crippen molar-refractivity contribution >= 4 is 34.2 Å². The number of anilines is 3. The van der Waals surface area contributed by atoms with Crippen LogP contribution >= 0.6 is 11.3 Å². The van der Waals surface area contributed by atoms with E-state index in [4.69, 9.17) is 14.5 Å². The molecule has 9 nitrogen and oxygen atoms in total. The van der Waals surface area contributed by atoms with Gasteiger partial charge in [-0.05, 0) is 60.4 Å². The topological polar surface area (TPSA) is 91.9 Å². The summed E-state index contributed by atoms with van der Waals surface area (Å²) in [5, 5.41) is 7.66. The first kappa shape index (κ1) is 25.5. The van der Waals surface area contributed by atoms with E-state index in [0.717, 1.165) is 60.3 Å². The van der Waals surface area contributed by atoms with E-state index in [-0.39, 0.29) is 18.2 Å². The van der Waals surface area contributed by atoms with Gasteiger partial charge in [-0.15, -0.1) is 11.3 Å². The molecule has 35 heavy (non-hydrogen) atoms. The molecule has 10 heteroatoms. The van der Waals surface area contributed by atoms with E-state index < -0.39 is 5.60 Å². The quantitative estimate of drug-likeness (QED) is 0.578. The highest BCUT2D eigenvalue weighted by Crippen LogP contribution is 2.29. The number of aromatic nitrogens is 2. The van der Waals surface area contributed by atoms with E-state index in [1.807, 2.05) is 46.0 Å². The Morgan fingerprint density at radius 3 is 2.57 bits per heavy atom. The predicted molar refractivity (Wildman–Crippen MR) is 140 cm³/mol. The van der Waals surface area contributed by atoms with Gasteiger partial charge in [0.2, 0.25) is 0 Å².